The van der Waals surface area contributed by atoms with Crippen molar-refractivity contribution in [1.82, 2.24) is 4.90 Å². The highest BCUT2D eigenvalue weighted by Crippen LogP contribution is 2.35. The van der Waals surface area contributed by atoms with Crippen molar-refractivity contribution >= 4 is 23.1 Å². The molecule has 31 heavy (non-hydrogen) atoms. The van der Waals surface area contributed by atoms with Gasteiger partial charge >= 0.3 is 0 Å². The van der Waals surface area contributed by atoms with Crippen molar-refractivity contribution in [2.24, 2.45) is 0 Å². The summed E-state index contributed by atoms with van der Waals surface area (Å²) in [5.41, 5.74) is 1.77. The van der Waals surface area contributed by atoms with E-state index in [0.29, 0.717) is 35.6 Å². The monoisotopic (exact) mass is 424 g/mol. The van der Waals surface area contributed by atoms with Crippen LogP contribution in [0.5, 0.6) is 11.5 Å². The van der Waals surface area contributed by atoms with Crippen molar-refractivity contribution in [3.05, 3.63) is 59.8 Å². The van der Waals surface area contributed by atoms with E-state index < -0.39 is 0 Å². The van der Waals surface area contributed by atoms with Gasteiger partial charge in [0.2, 0.25) is 0 Å². The molecule has 7 nitrogen and oxygen atoms in total. The maximum Gasteiger partial charge on any atom is 0.278 e. The predicted molar refractivity (Wildman–Crippen MR) is 119 cm³/mol. The zero-order valence-corrected chi connectivity index (χ0v) is 18.3. The predicted octanol–water partition coefficient (Wildman–Crippen LogP) is 3.71. The van der Waals surface area contributed by atoms with Gasteiger partial charge in [-0.25, -0.2) is 0 Å². The van der Waals surface area contributed by atoms with Gasteiger partial charge in [-0.05, 0) is 50.6 Å². The Kier molecular flexibility index (Phi) is 7.31. The van der Waals surface area contributed by atoms with Crippen LogP contribution in [0.4, 0.5) is 5.69 Å². The van der Waals surface area contributed by atoms with E-state index in [4.69, 9.17) is 14.2 Å². The summed E-state index contributed by atoms with van der Waals surface area (Å²) in [5.74, 6) is 0.532. The van der Waals surface area contributed by atoms with Gasteiger partial charge in [0, 0.05) is 31.5 Å². The van der Waals surface area contributed by atoms with Crippen LogP contribution in [-0.4, -0.2) is 50.2 Å². The fourth-order valence-corrected chi connectivity index (χ4v) is 3.40. The maximum atomic E-state index is 13.2. The second-order valence-corrected chi connectivity index (χ2v) is 7.37. The van der Waals surface area contributed by atoms with Crippen molar-refractivity contribution in [1.29, 1.82) is 0 Å². The van der Waals surface area contributed by atoms with E-state index in [1.165, 1.54) is 12.0 Å². The second kappa shape index (κ2) is 10.1. The average molecular weight is 424 g/mol. The Morgan fingerprint density at radius 3 is 2.32 bits per heavy atom. The molecule has 7 heteroatoms. The summed E-state index contributed by atoms with van der Waals surface area (Å²) < 4.78 is 16.2. The molecule has 1 heterocycles. The van der Waals surface area contributed by atoms with Crippen LogP contribution in [0, 0.1) is 0 Å². The van der Waals surface area contributed by atoms with Gasteiger partial charge in [-0.2, -0.15) is 0 Å². The molecule has 0 aliphatic carbocycles. The fourth-order valence-electron chi connectivity index (χ4n) is 3.40. The number of carbonyl (C=O) groups is 2. The molecular formula is C24H28N2O5. The van der Waals surface area contributed by atoms with Gasteiger partial charge in [0.05, 0.1) is 18.8 Å². The van der Waals surface area contributed by atoms with Crippen LogP contribution in [0.25, 0.3) is 5.57 Å². The number of nitrogens with one attached hydrogen (secondary N) is 1. The van der Waals surface area contributed by atoms with Crippen LogP contribution in [-0.2, 0) is 14.3 Å². The third kappa shape index (κ3) is 5.06. The molecular weight excluding hydrogens is 396 g/mol. The highest BCUT2D eigenvalue weighted by atomic mass is 16.5. The molecule has 164 valence electrons. The number of ether oxygens (including phenoxy) is 3. The van der Waals surface area contributed by atoms with Gasteiger partial charge in [0.15, 0.2) is 0 Å². The van der Waals surface area contributed by atoms with Gasteiger partial charge in [-0.15, -0.1) is 0 Å². The minimum atomic E-state index is -0.371. The van der Waals surface area contributed by atoms with Crippen molar-refractivity contribution in [2.45, 2.75) is 26.4 Å². The number of anilines is 1. The van der Waals surface area contributed by atoms with E-state index in [2.05, 4.69) is 5.32 Å². The van der Waals surface area contributed by atoms with Crippen molar-refractivity contribution in [2.75, 3.05) is 32.7 Å². The third-order valence-electron chi connectivity index (χ3n) is 4.77. The average Bonchev–Trinajstić information content (AvgIpc) is 2.99. The van der Waals surface area contributed by atoms with Gasteiger partial charge < -0.3 is 19.5 Å². The highest BCUT2D eigenvalue weighted by molar-refractivity contribution is 6.37. The molecule has 0 atom stereocenters. The fraction of sp³-hybridized carbons (Fsp3) is 0.333. The number of carbonyl (C=O) groups excluding carboxylic acids is 2. The molecule has 0 radical (unpaired) electrons. The molecule has 0 bridgehead atoms. The van der Waals surface area contributed by atoms with E-state index in [1.807, 2.05) is 50.2 Å². The summed E-state index contributed by atoms with van der Waals surface area (Å²) >= 11 is 0. The molecule has 0 fully saturated rings. The number of para-hydroxylation sites is 1. The SMILES string of the molecule is COCCCN1C(=O)C(Nc2ccc(OC(C)C)cc2)=C(c2ccccc2OC)C1=O. The number of benzene rings is 2. The van der Waals surface area contributed by atoms with Crippen LogP contribution in [0.15, 0.2) is 54.2 Å². The molecule has 2 aromatic rings. The zero-order valence-electron chi connectivity index (χ0n) is 18.3. The van der Waals surface area contributed by atoms with Crippen LogP contribution in [0.1, 0.15) is 25.8 Å². The van der Waals surface area contributed by atoms with E-state index >= 15 is 0 Å². The number of hydrogen-bond acceptors (Lipinski definition) is 6. The molecule has 0 aromatic heterocycles. The largest absolute Gasteiger partial charge is 0.496 e. The maximum absolute atomic E-state index is 13.2. The van der Waals surface area contributed by atoms with Crippen molar-refractivity contribution in [3.63, 3.8) is 0 Å². The normalized spacial score (nSPS) is 13.9. The Hall–Kier alpha value is -3.32. The quantitative estimate of drug-likeness (QED) is 0.463. The first-order valence-electron chi connectivity index (χ1n) is 10.2. The summed E-state index contributed by atoms with van der Waals surface area (Å²) in [6, 6.07) is 14.5. The molecule has 0 spiro atoms. The molecule has 0 saturated carbocycles. The van der Waals surface area contributed by atoms with Gasteiger partial charge in [-0.3, -0.25) is 14.5 Å². The van der Waals surface area contributed by atoms with Crippen LogP contribution in [0.3, 0.4) is 0 Å². The Bertz CT molecular complexity index is 966. The molecule has 1 aliphatic heterocycles. The first-order chi connectivity index (χ1) is 15.0. The molecule has 0 unspecified atom stereocenters. The molecule has 3 rings (SSSR count). The number of rotatable bonds is 10. The van der Waals surface area contributed by atoms with Crippen LogP contribution in [0.2, 0.25) is 0 Å². The number of imide groups is 1. The summed E-state index contributed by atoms with van der Waals surface area (Å²) in [4.78, 5) is 27.7. The van der Waals surface area contributed by atoms with E-state index in [0.717, 1.165) is 5.75 Å². The van der Waals surface area contributed by atoms with Gasteiger partial charge in [0.25, 0.3) is 11.8 Å². The summed E-state index contributed by atoms with van der Waals surface area (Å²) in [7, 11) is 3.13. The van der Waals surface area contributed by atoms with Gasteiger partial charge in [-0.1, -0.05) is 18.2 Å². The summed E-state index contributed by atoms with van der Waals surface area (Å²) in [6.45, 7) is 4.65. The van der Waals surface area contributed by atoms with Crippen LogP contribution < -0.4 is 14.8 Å². The van der Waals surface area contributed by atoms with E-state index in [9.17, 15) is 9.59 Å². The molecule has 0 saturated heterocycles. The second-order valence-electron chi connectivity index (χ2n) is 7.37. The first-order valence-corrected chi connectivity index (χ1v) is 10.2. The third-order valence-corrected chi connectivity index (χ3v) is 4.77. The topological polar surface area (TPSA) is 77.1 Å². The highest BCUT2D eigenvalue weighted by Gasteiger charge is 2.39. The van der Waals surface area contributed by atoms with E-state index in [1.54, 1.807) is 19.2 Å². The summed E-state index contributed by atoms with van der Waals surface area (Å²) in [6.07, 6.45) is 0.621. The Balaban J connectivity index is 1.97. The Labute approximate surface area is 182 Å². The smallest absolute Gasteiger partial charge is 0.278 e. The number of hydrogen-bond donors (Lipinski definition) is 1. The van der Waals surface area contributed by atoms with Crippen molar-refractivity contribution < 1.29 is 23.8 Å². The van der Waals surface area contributed by atoms with E-state index in [-0.39, 0.29) is 30.2 Å². The standard InChI is InChI=1S/C24H28N2O5/c1-16(2)31-18-12-10-17(11-13-18)25-22-21(19-8-5-6-9-20(19)30-4)23(27)26(24(22)28)14-7-15-29-3/h5-6,8-13,16,25H,7,14-15H2,1-4H3. The molecule has 1 aliphatic rings. The number of methoxy groups -OCH3 is 2. The van der Waals surface area contributed by atoms with Gasteiger partial charge in [0.1, 0.15) is 17.2 Å². The number of nitrogens with zero attached hydrogens (tertiary/aromatic N) is 1. The lowest BCUT2D eigenvalue weighted by Gasteiger charge is -2.15. The Morgan fingerprint density at radius 2 is 1.68 bits per heavy atom. The molecule has 2 aromatic carbocycles. The minimum absolute atomic E-state index is 0.0633. The minimum Gasteiger partial charge on any atom is -0.496 e. The first kappa shape index (κ1) is 22.4. The van der Waals surface area contributed by atoms with Crippen LogP contribution >= 0.6 is 0 Å². The lowest BCUT2D eigenvalue weighted by Crippen LogP contribution is -2.33. The molecule has 1 N–H and O–H groups in total. The zero-order chi connectivity index (χ0) is 22.4. The van der Waals surface area contributed by atoms with Crippen molar-refractivity contribution in [3.8, 4) is 11.5 Å². The lowest BCUT2D eigenvalue weighted by atomic mass is 10.0. The molecule has 2 amide bonds. The Morgan fingerprint density at radius 1 is 0.968 bits per heavy atom. The summed E-state index contributed by atoms with van der Waals surface area (Å²) in [5, 5.41) is 3.15. The lowest BCUT2D eigenvalue weighted by molar-refractivity contribution is -0.137. The number of amides is 2.